The zero-order chi connectivity index (χ0) is 24.5. The van der Waals surface area contributed by atoms with E-state index >= 15 is 0 Å². The highest BCUT2D eigenvalue weighted by molar-refractivity contribution is 6.05. The highest BCUT2D eigenvalue weighted by Crippen LogP contribution is 2.32. The van der Waals surface area contributed by atoms with E-state index in [2.05, 4.69) is 15.4 Å². The number of piperazine rings is 1. The molecule has 0 radical (unpaired) electrons. The molecule has 1 aliphatic heterocycles. The van der Waals surface area contributed by atoms with E-state index in [4.69, 9.17) is 5.11 Å². The van der Waals surface area contributed by atoms with Crippen LogP contribution in [-0.2, 0) is 6.18 Å². The lowest BCUT2D eigenvalue weighted by molar-refractivity contribution is -0.141. The van der Waals surface area contributed by atoms with Gasteiger partial charge in [-0.3, -0.25) is 4.79 Å². The van der Waals surface area contributed by atoms with Gasteiger partial charge in [-0.15, -0.1) is 0 Å². The highest BCUT2D eigenvalue weighted by Gasteiger charge is 2.39. The Hall–Kier alpha value is -4.16. The summed E-state index contributed by atoms with van der Waals surface area (Å²) < 4.78 is 54.5. The van der Waals surface area contributed by atoms with Crippen molar-refractivity contribution in [3.8, 4) is 5.69 Å². The molecule has 34 heavy (non-hydrogen) atoms. The maximum absolute atomic E-state index is 13.5. The Kier molecular flexibility index (Phi) is 6.09. The van der Waals surface area contributed by atoms with E-state index in [0.29, 0.717) is 32.0 Å². The number of halogens is 4. The molecule has 1 saturated heterocycles. The summed E-state index contributed by atoms with van der Waals surface area (Å²) in [7, 11) is 0. The number of hydrogen-bond donors (Lipinski definition) is 2. The molecule has 2 amide bonds. The van der Waals surface area contributed by atoms with Crippen LogP contribution in [0.25, 0.3) is 5.69 Å². The Morgan fingerprint density at radius 2 is 1.68 bits per heavy atom. The minimum Gasteiger partial charge on any atom is -0.465 e. The number of nitrogens with zero attached hydrogens (tertiary/aromatic N) is 5. The van der Waals surface area contributed by atoms with Gasteiger partial charge in [-0.2, -0.15) is 18.3 Å². The predicted molar refractivity (Wildman–Crippen MR) is 113 cm³/mol. The van der Waals surface area contributed by atoms with Gasteiger partial charge in [-0.25, -0.2) is 18.9 Å². The van der Waals surface area contributed by atoms with Crippen LogP contribution in [0, 0.1) is 5.82 Å². The molecular formula is C21H18F4N6O3. The summed E-state index contributed by atoms with van der Waals surface area (Å²) in [5, 5.41) is 14.9. The molecule has 1 fully saturated rings. The number of carboxylic acid groups (broad SMARTS) is 1. The third-order valence-corrected chi connectivity index (χ3v) is 5.20. The summed E-state index contributed by atoms with van der Waals surface area (Å²) in [5.74, 6) is -1.06. The minimum absolute atomic E-state index is 0.153. The van der Waals surface area contributed by atoms with Crippen molar-refractivity contribution in [1.82, 2.24) is 19.7 Å². The van der Waals surface area contributed by atoms with Crippen molar-refractivity contribution in [2.45, 2.75) is 6.18 Å². The fourth-order valence-corrected chi connectivity index (χ4v) is 3.45. The van der Waals surface area contributed by atoms with Gasteiger partial charge in [0.15, 0.2) is 5.69 Å². The quantitative estimate of drug-likeness (QED) is 0.557. The molecule has 4 rings (SSSR count). The van der Waals surface area contributed by atoms with Crippen molar-refractivity contribution in [3.05, 3.63) is 65.9 Å². The van der Waals surface area contributed by atoms with Crippen molar-refractivity contribution < 1.29 is 32.3 Å². The van der Waals surface area contributed by atoms with Crippen LogP contribution >= 0.6 is 0 Å². The van der Waals surface area contributed by atoms with Crippen molar-refractivity contribution in [1.29, 1.82) is 0 Å². The summed E-state index contributed by atoms with van der Waals surface area (Å²) in [5.41, 5.74) is -1.76. The van der Waals surface area contributed by atoms with Gasteiger partial charge in [0.25, 0.3) is 5.91 Å². The number of anilines is 2. The summed E-state index contributed by atoms with van der Waals surface area (Å²) in [4.78, 5) is 31.0. The van der Waals surface area contributed by atoms with E-state index in [1.165, 1.54) is 29.3 Å². The van der Waals surface area contributed by atoms with E-state index in [-0.39, 0.29) is 11.4 Å². The van der Waals surface area contributed by atoms with Crippen LogP contribution in [0.3, 0.4) is 0 Å². The van der Waals surface area contributed by atoms with Gasteiger partial charge in [0.1, 0.15) is 11.6 Å². The molecule has 0 saturated carbocycles. The number of aromatic nitrogens is 3. The largest absolute Gasteiger partial charge is 0.465 e. The molecule has 9 nitrogen and oxygen atoms in total. The molecule has 2 N–H and O–H groups in total. The molecule has 0 atom stereocenters. The number of rotatable bonds is 4. The molecule has 1 aromatic carbocycles. The fourth-order valence-electron chi connectivity index (χ4n) is 3.45. The van der Waals surface area contributed by atoms with Crippen LogP contribution < -0.4 is 10.2 Å². The molecule has 0 unspecified atom stereocenters. The van der Waals surface area contributed by atoms with Gasteiger partial charge < -0.3 is 20.2 Å². The Morgan fingerprint density at radius 1 is 1.00 bits per heavy atom. The normalized spacial score (nSPS) is 14.2. The van der Waals surface area contributed by atoms with E-state index < -0.39 is 35.3 Å². The van der Waals surface area contributed by atoms with E-state index in [1.54, 1.807) is 6.07 Å². The van der Waals surface area contributed by atoms with Crippen molar-refractivity contribution >= 4 is 23.5 Å². The second-order valence-corrected chi connectivity index (χ2v) is 7.43. The number of alkyl halides is 3. The van der Waals surface area contributed by atoms with Gasteiger partial charge in [-0.1, -0.05) is 0 Å². The molecule has 3 heterocycles. The van der Waals surface area contributed by atoms with Crippen LogP contribution in [0.15, 0.2) is 48.8 Å². The predicted octanol–water partition coefficient (Wildman–Crippen LogP) is 3.48. The smallest absolute Gasteiger partial charge is 0.435 e. The molecule has 2 aromatic heterocycles. The van der Waals surface area contributed by atoms with Gasteiger partial charge in [-0.05, 0) is 36.4 Å². The monoisotopic (exact) mass is 478 g/mol. The molecule has 1 aliphatic rings. The average molecular weight is 478 g/mol. The van der Waals surface area contributed by atoms with Crippen molar-refractivity contribution in [2.75, 3.05) is 36.4 Å². The van der Waals surface area contributed by atoms with Crippen molar-refractivity contribution in [3.63, 3.8) is 0 Å². The SMILES string of the molecule is O=C(Nc1ccc(N2CCN(C(=O)O)CC2)nc1)c1cn(-c2ccc(F)cc2)nc1C(F)(F)F. The Balaban J connectivity index is 1.50. The van der Waals surface area contributed by atoms with Crippen LogP contribution in [0.2, 0.25) is 0 Å². The van der Waals surface area contributed by atoms with Gasteiger partial charge in [0.2, 0.25) is 0 Å². The van der Waals surface area contributed by atoms with Gasteiger partial charge in [0.05, 0.1) is 23.1 Å². The van der Waals surface area contributed by atoms with Crippen LogP contribution in [0.1, 0.15) is 16.1 Å². The molecule has 0 aliphatic carbocycles. The summed E-state index contributed by atoms with van der Waals surface area (Å²) in [6, 6.07) is 7.68. The molecule has 3 aromatic rings. The second-order valence-electron chi connectivity index (χ2n) is 7.43. The number of pyridine rings is 1. The molecular weight excluding hydrogens is 460 g/mol. The van der Waals surface area contributed by atoms with Crippen molar-refractivity contribution in [2.24, 2.45) is 0 Å². The van der Waals surface area contributed by atoms with Crippen LogP contribution in [0.4, 0.5) is 33.9 Å². The zero-order valence-electron chi connectivity index (χ0n) is 17.5. The van der Waals surface area contributed by atoms with Gasteiger partial charge >= 0.3 is 12.3 Å². The van der Waals surface area contributed by atoms with E-state index in [9.17, 15) is 27.2 Å². The average Bonchev–Trinajstić information content (AvgIpc) is 3.27. The third-order valence-electron chi connectivity index (χ3n) is 5.20. The van der Waals surface area contributed by atoms with Crippen LogP contribution in [-0.4, -0.2) is 63.0 Å². The first-order valence-corrected chi connectivity index (χ1v) is 10.0. The molecule has 13 heteroatoms. The minimum atomic E-state index is -4.89. The number of carbonyl (C=O) groups excluding carboxylic acids is 1. The number of carbonyl (C=O) groups is 2. The van der Waals surface area contributed by atoms with Gasteiger partial charge in [0, 0.05) is 32.4 Å². The first-order chi connectivity index (χ1) is 16.1. The number of amides is 2. The first-order valence-electron chi connectivity index (χ1n) is 10.0. The lowest BCUT2D eigenvalue weighted by Crippen LogP contribution is -2.48. The zero-order valence-corrected chi connectivity index (χ0v) is 17.5. The highest BCUT2D eigenvalue weighted by atomic mass is 19.4. The topological polar surface area (TPSA) is 104 Å². The third kappa shape index (κ3) is 4.92. The first kappa shape index (κ1) is 23.0. The maximum Gasteiger partial charge on any atom is 0.435 e. The summed E-state index contributed by atoms with van der Waals surface area (Å²) >= 11 is 0. The number of nitrogens with one attached hydrogen (secondary N) is 1. The Labute approximate surface area is 190 Å². The molecule has 0 bridgehead atoms. The maximum atomic E-state index is 13.5. The van der Waals surface area contributed by atoms with Crippen LogP contribution in [0.5, 0.6) is 0 Å². The lowest BCUT2D eigenvalue weighted by atomic mass is 10.2. The summed E-state index contributed by atoms with van der Waals surface area (Å²) in [6.45, 7) is 1.49. The van der Waals surface area contributed by atoms with E-state index in [0.717, 1.165) is 23.0 Å². The lowest BCUT2D eigenvalue weighted by Gasteiger charge is -2.33. The molecule has 178 valence electrons. The number of hydrogen-bond acceptors (Lipinski definition) is 5. The fraction of sp³-hybridized carbons (Fsp3) is 0.238. The second kappa shape index (κ2) is 9.00. The number of benzene rings is 1. The molecule has 0 spiro atoms. The Bertz CT molecular complexity index is 1190. The summed E-state index contributed by atoms with van der Waals surface area (Å²) in [6.07, 6.45) is -3.66. The Morgan fingerprint density at radius 3 is 2.24 bits per heavy atom. The standard InChI is InChI=1S/C21H18F4N6O3/c22-13-1-4-15(5-2-13)31-12-16(18(28-31)21(23,24)25)19(32)27-14-3-6-17(26-11-14)29-7-9-30(10-8-29)20(33)34/h1-6,11-12H,7-10H2,(H,27,32)(H,33,34). The van der Waals surface area contributed by atoms with E-state index in [1.807, 2.05) is 4.90 Å².